The van der Waals surface area contributed by atoms with Gasteiger partial charge in [-0.15, -0.1) is 5.10 Å². The van der Waals surface area contributed by atoms with E-state index in [2.05, 4.69) is 34.6 Å². The second kappa shape index (κ2) is 5.13. The van der Waals surface area contributed by atoms with Crippen LogP contribution in [0.3, 0.4) is 0 Å². The molecule has 0 spiro atoms. The minimum absolute atomic E-state index is 0.350. The number of ether oxygens (including phenoxy) is 1. The predicted octanol–water partition coefficient (Wildman–Crippen LogP) is 2.78. The number of aryl methyl sites for hydroxylation is 1. The van der Waals surface area contributed by atoms with Crippen LogP contribution in [0.2, 0.25) is 0 Å². The average Bonchev–Trinajstić information content (AvgIpc) is 2.96. The van der Waals surface area contributed by atoms with Crippen molar-refractivity contribution in [1.82, 2.24) is 10.2 Å². The lowest BCUT2D eigenvalue weighted by Gasteiger charge is -2.20. The molecule has 0 amide bonds. The summed E-state index contributed by atoms with van der Waals surface area (Å²) in [4.78, 5) is 0. The van der Waals surface area contributed by atoms with Gasteiger partial charge in [0.15, 0.2) is 5.82 Å². The Morgan fingerprint density at radius 1 is 1.26 bits per heavy atom. The molecule has 4 heteroatoms. The first-order chi connectivity index (χ1) is 9.25. The van der Waals surface area contributed by atoms with Gasteiger partial charge < -0.3 is 10.1 Å². The van der Waals surface area contributed by atoms with Gasteiger partial charge >= 0.3 is 0 Å². The van der Waals surface area contributed by atoms with Crippen molar-refractivity contribution in [2.75, 3.05) is 18.5 Å². The number of hydrogen-bond acceptors (Lipinski definition) is 4. The molecule has 1 aromatic heterocycles. The van der Waals surface area contributed by atoms with Gasteiger partial charge in [-0.25, -0.2) is 0 Å². The number of anilines is 1. The van der Waals surface area contributed by atoms with Gasteiger partial charge in [-0.1, -0.05) is 24.3 Å². The molecule has 19 heavy (non-hydrogen) atoms. The van der Waals surface area contributed by atoms with Crippen LogP contribution in [0.4, 0.5) is 5.82 Å². The van der Waals surface area contributed by atoms with E-state index in [-0.39, 0.29) is 0 Å². The van der Waals surface area contributed by atoms with Crippen molar-refractivity contribution in [3.63, 3.8) is 0 Å². The minimum Gasteiger partial charge on any atom is -0.381 e. The number of hydrogen-bond donors (Lipinski definition) is 1. The van der Waals surface area contributed by atoms with Crippen LogP contribution in [0.5, 0.6) is 0 Å². The molecule has 2 aromatic rings. The summed E-state index contributed by atoms with van der Waals surface area (Å²) in [5.74, 6) is 1.43. The molecule has 1 aromatic carbocycles. The van der Waals surface area contributed by atoms with Gasteiger partial charge in [-0.05, 0) is 20.3 Å². The normalized spacial score (nSPS) is 20.6. The highest BCUT2D eigenvalue weighted by atomic mass is 16.5. The zero-order valence-corrected chi connectivity index (χ0v) is 11.4. The first-order valence-corrected chi connectivity index (χ1v) is 6.82. The molecule has 1 N–H and O–H groups in total. The maximum absolute atomic E-state index is 5.45. The Morgan fingerprint density at radius 3 is 2.79 bits per heavy atom. The van der Waals surface area contributed by atoms with Crippen molar-refractivity contribution >= 4 is 16.6 Å². The molecule has 4 nitrogen and oxygen atoms in total. The standard InChI is InChI=1S/C15H19N3O/c1-10(12-7-8-19-9-12)16-15-14-6-4-3-5-13(14)11(2)17-18-15/h3-6,10,12H,7-9H2,1-2H3,(H,16,18). The Hall–Kier alpha value is -1.68. The fourth-order valence-electron chi connectivity index (χ4n) is 2.63. The Kier molecular flexibility index (Phi) is 3.34. The van der Waals surface area contributed by atoms with Gasteiger partial charge in [-0.2, -0.15) is 5.10 Å². The molecule has 3 rings (SSSR count). The van der Waals surface area contributed by atoms with Crippen molar-refractivity contribution in [2.45, 2.75) is 26.3 Å². The SMILES string of the molecule is Cc1nnc(NC(C)C2CCOC2)c2ccccc12. The van der Waals surface area contributed by atoms with E-state index in [0.29, 0.717) is 12.0 Å². The molecule has 2 heterocycles. The molecule has 0 radical (unpaired) electrons. The summed E-state index contributed by atoms with van der Waals surface area (Å²) >= 11 is 0. The van der Waals surface area contributed by atoms with Crippen LogP contribution in [0.15, 0.2) is 24.3 Å². The zero-order chi connectivity index (χ0) is 13.2. The lowest BCUT2D eigenvalue weighted by atomic mass is 10.0. The van der Waals surface area contributed by atoms with Crippen molar-refractivity contribution in [1.29, 1.82) is 0 Å². The van der Waals surface area contributed by atoms with E-state index in [9.17, 15) is 0 Å². The van der Waals surface area contributed by atoms with E-state index in [0.717, 1.165) is 41.9 Å². The highest BCUT2D eigenvalue weighted by Gasteiger charge is 2.23. The smallest absolute Gasteiger partial charge is 0.156 e. The van der Waals surface area contributed by atoms with Crippen LogP contribution >= 0.6 is 0 Å². The number of nitrogens with one attached hydrogen (secondary N) is 1. The lowest BCUT2D eigenvalue weighted by Crippen LogP contribution is -2.26. The van der Waals surface area contributed by atoms with Gasteiger partial charge in [0.25, 0.3) is 0 Å². The zero-order valence-electron chi connectivity index (χ0n) is 11.4. The third-order valence-corrected chi connectivity index (χ3v) is 3.91. The molecule has 0 saturated carbocycles. The second-order valence-electron chi connectivity index (χ2n) is 5.24. The highest BCUT2D eigenvalue weighted by molar-refractivity contribution is 5.92. The van der Waals surface area contributed by atoms with Crippen molar-refractivity contribution in [3.05, 3.63) is 30.0 Å². The summed E-state index contributed by atoms with van der Waals surface area (Å²) in [6, 6.07) is 8.61. The number of benzene rings is 1. The monoisotopic (exact) mass is 257 g/mol. The summed E-state index contributed by atoms with van der Waals surface area (Å²) < 4.78 is 5.45. The highest BCUT2D eigenvalue weighted by Crippen LogP contribution is 2.25. The molecule has 100 valence electrons. The fraction of sp³-hybridized carbons (Fsp3) is 0.467. The van der Waals surface area contributed by atoms with Crippen molar-refractivity contribution < 1.29 is 4.74 Å². The second-order valence-corrected chi connectivity index (χ2v) is 5.24. The van der Waals surface area contributed by atoms with Crippen LogP contribution in [-0.2, 0) is 4.74 Å². The maximum atomic E-state index is 5.45. The van der Waals surface area contributed by atoms with E-state index >= 15 is 0 Å². The van der Waals surface area contributed by atoms with E-state index in [1.165, 1.54) is 0 Å². The third-order valence-electron chi connectivity index (χ3n) is 3.91. The number of fused-ring (bicyclic) bond motifs is 1. The van der Waals surface area contributed by atoms with E-state index in [1.54, 1.807) is 0 Å². The van der Waals surface area contributed by atoms with Crippen LogP contribution in [-0.4, -0.2) is 29.5 Å². The summed E-state index contributed by atoms with van der Waals surface area (Å²) in [6.07, 6.45) is 1.12. The van der Waals surface area contributed by atoms with Gasteiger partial charge in [0, 0.05) is 29.3 Å². The molecule has 2 unspecified atom stereocenters. The summed E-state index contributed by atoms with van der Waals surface area (Å²) in [5.41, 5.74) is 0.970. The van der Waals surface area contributed by atoms with Crippen molar-refractivity contribution in [3.8, 4) is 0 Å². The molecular formula is C15H19N3O. The summed E-state index contributed by atoms with van der Waals surface area (Å²) in [7, 11) is 0. The number of aromatic nitrogens is 2. The van der Waals surface area contributed by atoms with Crippen LogP contribution in [0.1, 0.15) is 19.0 Å². The van der Waals surface area contributed by atoms with Crippen LogP contribution in [0.25, 0.3) is 10.8 Å². The number of rotatable bonds is 3. The topological polar surface area (TPSA) is 47.0 Å². The average molecular weight is 257 g/mol. The van der Waals surface area contributed by atoms with E-state index in [1.807, 2.05) is 19.1 Å². The lowest BCUT2D eigenvalue weighted by molar-refractivity contribution is 0.183. The predicted molar refractivity (Wildman–Crippen MR) is 76.3 cm³/mol. The van der Waals surface area contributed by atoms with Crippen LogP contribution < -0.4 is 5.32 Å². The Bertz CT molecular complexity index is 579. The number of nitrogens with zero attached hydrogens (tertiary/aromatic N) is 2. The van der Waals surface area contributed by atoms with Crippen molar-refractivity contribution in [2.24, 2.45) is 5.92 Å². The van der Waals surface area contributed by atoms with E-state index in [4.69, 9.17) is 4.74 Å². The molecule has 1 aliphatic rings. The fourth-order valence-corrected chi connectivity index (χ4v) is 2.63. The van der Waals surface area contributed by atoms with Crippen LogP contribution in [0, 0.1) is 12.8 Å². The first kappa shape index (κ1) is 12.4. The van der Waals surface area contributed by atoms with E-state index < -0.39 is 0 Å². The Balaban J connectivity index is 1.90. The Labute approximate surface area is 113 Å². The van der Waals surface area contributed by atoms with Gasteiger partial charge in [0.1, 0.15) is 0 Å². The Morgan fingerprint density at radius 2 is 2.05 bits per heavy atom. The quantitative estimate of drug-likeness (QED) is 0.918. The molecular weight excluding hydrogens is 238 g/mol. The molecule has 0 bridgehead atoms. The van der Waals surface area contributed by atoms with Gasteiger partial charge in [-0.3, -0.25) is 0 Å². The molecule has 1 fully saturated rings. The minimum atomic E-state index is 0.350. The summed E-state index contributed by atoms with van der Waals surface area (Å²) in [5, 5.41) is 14.4. The van der Waals surface area contributed by atoms with Gasteiger partial charge in [0.2, 0.25) is 0 Å². The molecule has 1 aliphatic heterocycles. The third kappa shape index (κ3) is 2.40. The van der Waals surface area contributed by atoms with Gasteiger partial charge in [0.05, 0.1) is 12.3 Å². The first-order valence-electron chi connectivity index (χ1n) is 6.82. The largest absolute Gasteiger partial charge is 0.381 e. The molecule has 0 aliphatic carbocycles. The molecule has 2 atom stereocenters. The maximum Gasteiger partial charge on any atom is 0.156 e. The summed E-state index contributed by atoms with van der Waals surface area (Å²) in [6.45, 7) is 5.89. The molecule has 1 saturated heterocycles.